The number of hydrogen-bond acceptors (Lipinski definition) is 3. The maximum absolute atomic E-state index is 13.0. The Bertz CT molecular complexity index is 603. The molecule has 2 atom stereocenters. The summed E-state index contributed by atoms with van der Waals surface area (Å²) in [6.07, 6.45) is -4.65. The Morgan fingerprint density at radius 2 is 1.90 bits per heavy atom. The number of fused-ring (bicyclic) bond motifs is 1. The molecule has 0 saturated carbocycles. The SMILES string of the molecule is O=C1NC2COCC2C(=O)N1c1ccccc1C(F)(F)F. The molecule has 3 amide bonds. The Kier molecular flexibility index (Phi) is 3.12. The topological polar surface area (TPSA) is 58.6 Å². The number of anilines is 1. The Morgan fingerprint density at radius 3 is 2.62 bits per heavy atom. The van der Waals surface area contributed by atoms with E-state index in [1.165, 1.54) is 12.1 Å². The highest BCUT2D eigenvalue weighted by molar-refractivity contribution is 6.17. The van der Waals surface area contributed by atoms with Crippen LogP contribution in [0.25, 0.3) is 0 Å². The average Bonchev–Trinajstić information content (AvgIpc) is 2.86. The van der Waals surface area contributed by atoms with Gasteiger partial charge in [0.05, 0.1) is 36.4 Å². The van der Waals surface area contributed by atoms with Gasteiger partial charge in [-0.1, -0.05) is 12.1 Å². The van der Waals surface area contributed by atoms with Crippen molar-refractivity contribution in [2.75, 3.05) is 18.1 Å². The number of alkyl halides is 3. The second-order valence-electron chi connectivity index (χ2n) is 4.89. The van der Waals surface area contributed by atoms with Crippen molar-refractivity contribution in [2.45, 2.75) is 12.2 Å². The predicted molar refractivity (Wildman–Crippen MR) is 65.6 cm³/mol. The number of nitrogens with zero attached hydrogens (tertiary/aromatic N) is 1. The van der Waals surface area contributed by atoms with Crippen molar-refractivity contribution in [1.82, 2.24) is 5.32 Å². The van der Waals surface area contributed by atoms with Gasteiger partial charge in [0.25, 0.3) is 0 Å². The summed E-state index contributed by atoms with van der Waals surface area (Å²) in [7, 11) is 0. The Balaban J connectivity index is 2.04. The number of imide groups is 1. The van der Waals surface area contributed by atoms with Crippen LogP contribution in [0, 0.1) is 5.92 Å². The number of nitrogens with one attached hydrogen (secondary N) is 1. The van der Waals surface area contributed by atoms with Crippen LogP contribution in [-0.4, -0.2) is 31.2 Å². The van der Waals surface area contributed by atoms with Crippen LogP contribution in [0.1, 0.15) is 5.56 Å². The van der Waals surface area contributed by atoms with Gasteiger partial charge in [-0.15, -0.1) is 0 Å². The fraction of sp³-hybridized carbons (Fsp3) is 0.385. The Morgan fingerprint density at radius 1 is 1.19 bits per heavy atom. The van der Waals surface area contributed by atoms with Crippen LogP contribution in [0.4, 0.5) is 23.7 Å². The third kappa shape index (κ3) is 2.25. The van der Waals surface area contributed by atoms with Crippen LogP contribution in [0.15, 0.2) is 24.3 Å². The molecule has 2 saturated heterocycles. The summed E-state index contributed by atoms with van der Waals surface area (Å²) in [6.45, 7) is 0.283. The molecule has 1 N–H and O–H groups in total. The molecule has 21 heavy (non-hydrogen) atoms. The van der Waals surface area contributed by atoms with Gasteiger partial charge in [0.1, 0.15) is 0 Å². The summed E-state index contributed by atoms with van der Waals surface area (Å²) in [6, 6.07) is 3.18. The van der Waals surface area contributed by atoms with Crippen molar-refractivity contribution in [1.29, 1.82) is 0 Å². The molecule has 2 unspecified atom stereocenters. The van der Waals surface area contributed by atoms with Crippen molar-refractivity contribution < 1.29 is 27.5 Å². The first-order valence-electron chi connectivity index (χ1n) is 6.28. The second kappa shape index (κ2) is 4.73. The van der Waals surface area contributed by atoms with Gasteiger partial charge < -0.3 is 10.1 Å². The summed E-state index contributed by atoms with van der Waals surface area (Å²) < 4.78 is 44.2. The van der Waals surface area contributed by atoms with E-state index in [9.17, 15) is 22.8 Å². The highest BCUT2D eigenvalue weighted by Gasteiger charge is 2.47. The summed E-state index contributed by atoms with van der Waals surface area (Å²) >= 11 is 0. The largest absolute Gasteiger partial charge is 0.418 e. The van der Waals surface area contributed by atoms with E-state index in [1.54, 1.807) is 0 Å². The number of urea groups is 1. The summed E-state index contributed by atoms with van der Waals surface area (Å²) in [5, 5.41) is 2.51. The first-order chi connectivity index (χ1) is 9.89. The lowest BCUT2D eigenvalue weighted by molar-refractivity contribution is -0.137. The fourth-order valence-electron chi connectivity index (χ4n) is 2.57. The van der Waals surface area contributed by atoms with Gasteiger partial charge >= 0.3 is 12.2 Å². The minimum absolute atomic E-state index is 0.0917. The van der Waals surface area contributed by atoms with Crippen LogP contribution in [0.5, 0.6) is 0 Å². The number of carbonyl (C=O) groups is 2. The highest BCUT2D eigenvalue weighted by atomic mass is 19.4. The number of halogens is 3. The fourth-order valence-corrected chi connectivity index (χ4v) is 2.57. The first-order valence-corrected chi connectivity index (χ1v) is 6.28. The molecule has 0 bridgehead atoms. The monoisotopic (exact) mass is 300 g/mol. The van der Waals surface area contributed by atoms with Gasteiger partial charge in [-0.2, -0.15) is 13.2 Å². The molecule has 3 rings (SSSR count). The molecule has 8 heteroatoms. The van der Waals surface area contributed by atoms with Gasteiger partial charge in [0.2, 0.25) is 5.91 Å². The van der Waals surface area contributed by atoms with Gasteiger partial charge in [-0.25, -0.2) is 9.69 Å². The molecule has 0 radical (unpaired) electrons. The maximum atomic E-state index is 13.0. The van der Waals surface area contributed by atoms with Crippen LogP contribution < -0.4 is 10.2 Å². The lowest BCUT2D eigenvalue weighted by Gasteiger charge is -2.33. The predicted octanol–water partition coefficient (Wildman–Crippen LogP) is 1.78. The zero-order valence-corrected chi connectivity index (χ0v) is 10.7. The van der Waals surface area contributed by atoms with Crippen LogP contribution in [0.2, 0.25) is 0 Å². The van der Waals surface area contributed by atoms with E-state index >= 15 is 0 Å². The molecule has 1 aromatic carbocycles. The van der Waals surface area contributed by atoms with E-state index in [1.807, 2.05) is 0 Å². The first kappa shape index (κ1) is 13.9. The quantitative estimate of drug-likeness (QED) is 0.860. The molecule has 2 aliphatic heterocycles. The zero-order chi connectivity index (χ0) is 15.2. The Labute approximate surface area is 117 Å². The van der Waals surface area contributed by atoms with E-state index in [4.69, 9.17) is 4.74 Å². The van der Waals surface area contributed by atoms with E-state index < -0.39 is 41.3 Å². The molecular formula is C13H11F3N2O3. The summed E-state index contributed by atoms with van der Waals surface area (Å²) in [5.74, 6) is -1.32. The number of ether oxygens (including phenoxy) is 1. The van der Waals surface area contributed by atoms with Crippen molar-refractivity contribution in [3.8, 4) is 0 Å². The minimum atomic E-state index is -4.65. The van der Waals surface area contributed by atoms with Crippen molar-refractivity contribution >= 4 is 17.6 Å². The van der Waals surface area contributed by atoms with Crippen LogP contribution in [0.3, 0.4) is 0 Å². The molecule has 2 aliphatic rings. The normalized spacial score (nSPS) is 25.8. The molecule has 2 heterocycles. The van der Waals surface area contributed by atoms with E-state index in [0.29, 0.717) is 4.90 Å². The number of para-hydroxylation sites is 1. The van der Waals surface area contributed by atoms with Crippen molar-refractivity contribution in [2.24, 2.45) is 5.92 Å². The molecule has 5 nitrogen and oxygen atoms in total. The molecule has 0 aliphatic carbocycles. The smallest absolute Gasteiger partial charge is 0.378 e. The number of hydrogen-bond donors (Lipinski definition) is 1. The molecule has 112 valence electrons. The third-order valence-corrected chi connectivity index (χ3v) is 3.58. The van der Waals surface area contributed by atoms with Crippen molar-refractivity contribution in [3.05, 3.63) is 29.8 Å². The molecule has 0 spiro atoms. The summed E-state index contributed by atoms with van der Waals surface area (Å²) in [5.41, 5.74) is -1.48. The standard InChI is InChI=1S/C13H11F3N2O3/c14-13(15,16)8-3-1-2-4-10(8)18-11(19)7-5-21-6-9(7)17-12(18)20/h1-4,7,9H,5-6H2,(H,17,20). The third-order valence-electron chi connectivity index (χ3n) is 3.58. The number of benzene rings is 1. The minimum Gasteiger partial charge on any atom is -0.378 e. The number of carbonyl (C=O) groups excluding carboxylic acids is 2. The Hall–Kier alpha value is -2.09. The van der Waals surface area contributed by atoms with Crippen molar-refractivity contribution in [3.63, 3.8) is 0 Å². The molecule has 0 aromatic heterocycles. The summed E-state index contributed by atoms with van der Waals surface area (Å²) in [4.78, 5) is 24.9. The maximum Gasteiger partial charge on any atom is 0.418 e. The van der Waals surface area contributed by atoms with E-state index in [2.05, 4.69) is 5.32 Å². The second-order valence-corrected chi connectivity index (χ2v) is 4.89. The lowest BCUT2D eigenvalue weighted by Crippen LogP contribution is -2.60. The number of rotatable bonds is 1. The highest BCUT2D eigenvalue weighted by Crippen LogP contribution is 2.38. The van der Waals surface area contributed by atoms with Gasteiger partial charge in [0.15, 0.2) is 0 Å². The van der Waals surface area contributed by atoms with E-state index in [0.717, 1.165) is 12.1 Å². The molecule has 2 fully saturated rings. The molecular weight excluding hydrogens is 289 g/mol. The zero-order valence-electron chi connectivity index (χ0n) is 10.7. The van der Waals surface area contributed by atoms with Crippen LogP contribution in [-0.2, 0) is 15.7 Å². The van der Waals surface area contributed by atoms with E-state index in [-0.39, 0.29) is 13.2 Å². The van der Waals surface area contributed by atoms with Gasteiger partial charge in [0, 0.05) is 0 Å². The van der Waals surface area contributed by atoms with Gasteiger partial charge in [-0.05, 0) is 12.1 Å². The van der Waals surface area contributed by atoms with Gasteiger partial charge in [-0.3, -0.25) is 4.79 Å². The lowest BCUT2D eigenvalue weighted by atomic mass is 9.98. The molecule has 1 aromatic rings. The average molecular weight is 300 g/mol. The van der Waals surface area contributed by atoms with Crippen LogP contribution >= 0.6 is 0 Å². The number of amides is 3.